The molecule has 0 unspecified atom stereocenters. The molecular formula is C26H30ClN7O. The van der Waals surface area contributed by atoms with E-state index in [4.69, 9.17) is 26.0 Å². The summed E-state index contributed by atoms with van der Waals surface area (Å²) in [6.07, 6.45) is 3.50. The maximum absolute atomic E-state index is 6.15. The number of rotatable bonds is 8. The Morgan fingerprint density at radius 1 is 1.09 bits per heavy atom. The van der Waals surface area contributed by atoms with Gasteiger partial charge in [0.2, 0.25) is 5.95 Å². The molecule has 3 aromatic heterocycles. The van der Waals surface area contributed by atoms with E-state index in [1.54, 1.807) is 12.5 Å². The highest BCUT2D eigenvalue weighted by atomic mass is 35.5. The number of piperazine rings is 1. The van der Waals surface area contributed by atoms with E-state index in [9.17, 15) is 0 Å². The molecule has 8 nitrogen and oxygen atoms in total. The number of pyridine rings is 1. The minimum absolute atomic E-state index is 0.590. The predicted octanol–water partition coefficient (Wildman–Crippen LogP) is 4.45. The molecule has 0 atom stereocenters. The molecule has 35 heavy (non-hydrogen) atoms. The number of aryl methyl sites for hydroxylation is 1. The molecule has 9 heteroatoms. The number of nitrogens with zero attached hydrogens (tertiary/aromatic N) is 6. The number of anilines is 3. The number of furan rings is 1. The molecule has 1 saturated heterocycles. The Kier molecular flexibility index (Phi) is 7.01. The van der Waals surface area contributed by atoms with Gasteiger partial charge >= 0.3 is 0 Å². The van der Waals surface area contributed by atoms with Crippen molar-refractivity contribution in [1.29, 1.82) is 0 Å². The van der Waals surface area contributed by atoms with E-state index in [2.05, 4.69) is 38.1 Å². The van der Waals surface area contributed by atoms with E-state index < -0.39 is 0 Å². The Labute approximate surface area is 210 Å². The van der Waals surface area contributed by atoms with Gasteiger partial charge in [0.05, 0.1) is 18.3 Å². The SMILES string of the molecule is Cc1cc(N2CCN(C)CC2)nc(N(CCNc2ccnc3cc(Cl)ccc23)Cc2ccco2)n1. The number of aromatic nitrogens is 3. The number of hydrogen-bond acceptors (Lipinski definition) is 8. The van der Waals surface area contributed by atoms with Crippen molar-refractivity contribution in [2.24, 2.45) is 0 Å². The summed E-state index contributed by atoms with van der Waals surface area (Å²) in [6, 6.07) is 13.7. The van der Waals surface area contributed by atoms with Crippen LogP contribution in [0.2, 0.25) is 5.02 Å². The maximum Gasteiger partial charge on any atom is 0.227 e. The van der Waals surface area contributed by atoms with Crippen LogP contribution in [-0.4, -0.2) is 66.2 Å². The Balaban J connectivity index is 1.36. The van der Waals surface area contributed by atoms with Gasteiger partial charge in [-0.1, -0.05) is 11.6 Å². The van der Waals surface area contributed by atoms with Crippen LogP contribution in [0.5, 0.6) is 0 Å². The van der Waals surface area contributed by atoms with Crippen molar-refractivity contribution in [3.63, 3.8) is 0 Å². The van der Waals surface area contributed by atoms with E-state index in [1.807, 2.05) is 43.3 Å². The Morgan fingerprint density at radius 3 is 2.74 bits per heavy atom. The second-order valence-electron chi connectivity index (χ2n) is 8.91. The van der Waals surface area contributed by atoms with Gasteiger partial charge in [0.1, 0.15) is 11.6 Å². The zero-order valence-electron chi connectivity index (χ0n) is 20.1. The van der Waals surface area contributed by atoms with Crippen molar-refractivity contribution in [3.8, 4) is 0 Å². The number of fused-ring (bicyclic) bond motifs is 1. The Morgan fingerprint density at radius 2 is 1.94 bits per heavy atom. The van der Waals surface area contributed by atoms with Crippen LogP contribution in [0.3, 0.4) is 0 Å². The first-order valence-electron chi connectivity index (χ1n) is 11.9. The van der Waals surface area contributed by atoms with E-state index >= 15 is 0 Å². The first-order chi connectivity index (χ1) is 17.0. The summed E-state index contributed by atoms with van der Waals surface area (Å²) in [4.78, 5) is 21.1. The second-order valence-corrected chi connectivity index (χ2v) is 9.34. The summed E-state index contributed by atoms with van der Waals surface area (Å²) in [5, 5.41) is 5.28. The van der Waals surface area contributed by atoms with Gasteiger partial charge in [0, 0.05) is 73.3 Å². The summed E-state index contributed by atoms with van der Waals surface area (Å²) < 4.78 is 5.65. The molecule has 0 saturated carbocycles. The monoisotopic (exact) mass is 491 g/mol. The van der Waals surface area contributed by atoms with Crippen LogP contribution >= 0.6 is 11.6 Å². The average Bonchev–Trinajstić information content (AvgIpc) is 3.36. The summed E-state index contributed by atoms with van der Waals surface area (Å²) in [7, 11) is 2.16. The molecule has 1 N–H and O–H groups in total. The fraction of sp³-hybridized carbons (Fsp3) is 0.346. The number of hydrogen-bond donors (Lipinski definition) is 1. The molecule has 0 aliphatic carbocycles. The third-order valence-corrected chi connectivity index (χ3v) is 6.50. The van der Waals surface area contributed by atoms with Gasteiger partial charge in [-0.15, -0.1) is 0 Å². The normalized spacial score (nSPS) is 14.4. The van der Waals surface area contributed by atoms with Crippen LogP contribution < -0.4 is 15.1 Å². The van der Waals surface area contributed by atoms with E-state index in [0.717, 1.165) is 60.0 Å². The third-order valence-electron chi connectivity index (χ3n) is 6.27. The van der Waals surface area contributed by atoms with E-state index in [1.165, 1.54) is 0 Å². The van der Waals surface area contributed by atoms with Crippen LogP contribution in [0.1, 0.15) is 11.5 Å². The molecule has 0 radical (unpaired) electrons. The highest BCUT2D eigenvalue weighted by Crippen LogP contribution is 2.25. The topological polar surface area (TPSA) is 73.6 Å². The number of likely N-dealkylation sites (N-methyl/N-ethyl adjacent to an activating group) is 1. The minimum atomic E-state index is 0.590. The molecule has 1 fully saturated rings. The van der Waals surface area contributed by atoms with E-state index in [-0.39, 0.29) is 0 Å². The molecule has 0 amide bonds. The van der Waals surface area contributed by atoms with Crippen molar-refractivity contribution in [2.75, 3.05) is 61.4 Å². The average molecular weight is 492 g/mol. The Hall–Kier alpha value is -3.36. The molecule has 182 valence electrons. The predicted molar refractivity (Wildman–Crippen MR) is 141 cm³/mol. The summed E-state index contributed by atoms with van der Waals surface area (Å²) in [5.74, 6) is 2.57. The van der Waals surface area contributed by atoms with Gasteiger partial charge in [0.15, 0.2) is 0 Å². The van der Waals surface area contributed by atoms with Crippen molar-refractivity contribution in [3.05, 3.63) is 71.4 Å². The fourth-order valence-electron chi connectivity index (χ4n) is 4.32. The summed E-state index contributed by atoms with van der Waals surface area (Å²) in [6.45, 7) is 8.01. The summed E-state index contributed by atoms with van der Waals surface area (Å²) in [5.41, 5.74) is 2.85. The van der Waals surface area contributed by atoms with Crippen molar-refractivity contribution >= 4 is 40.0 Å². The molecule has 1 aliphatic heterocycles. The molecule has 0 spiro atoms. The van der Waals surface area contributed by atoms with E-state index in [0.29, 0.717) is 30.6 Å². The highest BCUT2D eigenvalue weighted by molar-refractivity contribution is 6.31. The Bertz CT molecular complexity index is 1270. The smallest absolute Gasteiger partial charge is 0.227 e. The van der Waals surface area contributed by atoms with Crippen molar-refractivity contribution in [1.82, 2.24) is 19.9 Å². The molecule has 4 heterocycles. The second kappa shape index (κ2) is 10.5. The number of benzene rings is 1. The lowest BCUT2D eigenvalue weighted by Gasteiger charge is -2.34. The van der Waals surface area contributed by atoms with Gasteiger partial charge in [0.25, 0.3) is 0 Å². The zero-order chi connectivity index (χ0) is 24.2. The van der Waals surface area contributed by atoms with Crippen molar-refractivity contribution in [2.45, 2.75) is 13.5 Å². The van der Waals surface area contributed by atoms with Crippen LogP contribution in [0, 0.1) is 6.92 Å². The van der Waals surface area contributed by atoms with Crippen LogP contribution in [-0.2, 0) is 6.54 Å². The largest absolute Gasteiger partial charge is 0.467 e. The third kappa shape index (κ3) is 5.66. The van der Waals surface area contributed by atoms with Crippen LogP contribution in [0.4, 0.5) is 17.5 Å². The molecule has 1 aliphatic rings. The van der Waals surface area contributed by atoms with Crippen LogP contribution in [0.15, 0.2) is 59.3 Å². The lowest BCUT2D eigenvalue weighted by molar-refractivity contribution is 0.312. The van der Waals surface area contributed by atoms with Gasteiger partial charge in [-0.05, 0) is 50.4 Å². The first kappa shape index (κ1) is 23.4. The molecule has 5 rings (SSSR count). The quantitative estimate of drug-likeness (QED) is 0.387. The lowest BCUT2D eigenvalue weighted by atomic mass is 10.2. The van der Waals surface area contributed by atoms with Crippen molar-refractivity contribution < 1.29 is 4.42 Å². The van der Waals surface area contributed by atoms with Crippen LogP contribution in [0.25, 0.3) is 10.9 Å². The lowest BCUT2D eigenvalue weighted by Crippen LogP contribution is -2.45. The van der Waals surface area contributed by atoms with Gasteiger partial charge in [-0.2, -0.15) is 4.98 Å². The molecule has 1 aromatic carbocycles. The number of nitrogens with one attached hydrogen (secondary N) is 1. The number of halogens is 1. The first-order valence-corrected chi connectivity index (χ1v) is 12.3. The molecule has 4 aromatic rings. The maximum atomic E-state index is 6.15. The van der Waals surface area contributed by atoms with Gasteiger partial charge in [-0.25, -0.2) is 4.98 Å². The zero-order valence-corrected chi connectivity index (χ0v) is 20.9. The fourth-order valence-corrected chi connectivity index (χ4v) is 4.48. The standard InChI is InChI=1S/C26H30ClN7O/c1-19-16-25(33-13-11-32(2)12-14-33)31-26(30-19)34(18-21-4-3-15-35-21)10-9-29-23-7-8-28-24-17-20(27)5-6-22(23)24/h3-8,15-17H,9-14,18H2,1-2H3,(H,28,29). The summed E-state index contributed by atoms with van der Waals surface area (Å²) >= 11 is 6.15. The highest BCUT2D eigenvalue weighted by Gasteiger charge is 2.19. The van der Waals surface area contributed by atoms with Gasteiger partial charge in [-0.3, -0.25) is 4.98 Å². The minimum Gasteiger partial charge on any atom is -0.467 e. The molecule has 0 bridgehead atoms. The van der Waals surface area contributed by atoms with Gasteiger partial charge < -0.3 is 24.4 Å². The molecular weight excluding hydrogens is 462 g/mol.